The third-order valence-corrected chi connectivity index (χ3v) is 4.19. The fraction of sp³-hybridized carbons (Fsp3) is 0.0909. The average molecular weight is 376 g/mol. The van der Waals surface area contributed by atoms with E-state index in [1.54, 1.807) is 24.3 Å². The van der Waals surface area contributed by atoms with Crippen LogP contribution in [0.15, 0.2) is 72.8 Å². The largest absolute Gasteiger partial charge is 0.493 e. The molecule has 0 aromatic heterocycles. The van der Waals surface area contributed by atoms with Crippen molar-refractivity contribution in [3.05, 3.63) is 83.9 Å². The highest BCUT2D eigenvalue weighted by Crippen LogP contribution is 2.27. The van der Waals surface area contributed by atoms with Gasteiger partial charge in [-0.05, 0) is 41.5 Å². The number of hydrazine groups is 1. The van der Waals surface area contributed by atoms with E-state index in [1.165, 1.54) is 20.3 Å². The second-order valence-corrected chi connectivity index (χ2v) is 5.92. The highest BCUT2D eigenvalue weighted by molar-refractivity contribution is 5.99. The Labute approximate surface area is 163 Å². The van der Waals surface area contributed by atoms with Crippen LogP contribution in [0, 0.1) is 0 Å². The summed E-state index contributed by atoms with van der Waals surface area (Å²) in [5.41, 5.74) is 7.65. The van der Waals surface area contributed by atoms with E-state index in [-0.39, 0.29) is 0 Å². The Morgan fingerprint density at radius 1 is 0.643 bits per heavy atom. The molecule has 0 fully saturated rings. The number of carbonyl (C=O) groups excluding carboxylic acids is 2. The van der Waals surface area contributed by atoms with Crippen molar-refractivity contribution in [2.45, 2.75) is 0 Å². The van der Waals surface area contributed by atoms with Gasteiger partial charge in [0, 0.05) is 11.1 Å². The first-order valence-electron chi connectivity index (χ1n) is 8.60. The van der Waals surface area contributed by atoms with E-state index in [1.807, 2.05) is 42.5 Å². The molecule has 0 saturated carbocycles. The Balaban J connectivity index is 1.63. The quantitative estimate of drug-likeness (QED) is 0.669. The van der Waals surface area contributed by atoms with E-state index in [9.17, 15) is 9.59 Å². The van der Waals surface area contributed by atoms with Crippen LogP contribution in [-0.4, -0.2) is 26.0 Å². The first kappa shape index (κ1) is 19.0. The van der Waals surface area contributed by atoms with Crippen molar-refractivity contribution in [2.24, 2.45) is 0 Å². The minimum atomic E-state index is -0.463. The molecule has 0 saturated heterocycles. The number of amides is 2. The van der Waals surface area contributed by atoms with Crippen molar-refractivity contribution in [1.82, 2.24) is 10.9 Å². The lowest BCUT2D eigenvalue weighted by Gasteiger charge is -2.11. The summed E-state index contributed by atoms with van der Waals surface area (Å²) >= 11 is 0. The van der Waals surface area contributed by atoms with E-state index in [0.717, 1.165) is 11.1 Å². The number of hydrogen-bond donors (Lipinski definition) is 2. The van der Waals surface area contributed by atoms with Gasteiger partial charge in [-0.1, -0.05) is 42.5 Å². The van der Waals surface area contributed by atoms with E-state index >= 15 is 0 Å². The molecular weight excluding hydrogens is 356 g/mol. The summed E-state index contributed by atoms with van der Waals surface area (Å²) in [7, 11) is 3.00. The molecule has 142 valence electrons. The van der Waals surface area contributed by atoms with Gasteiger partial charge in [-0.3, -0.25) is 20.4 Å². The summed E-state index contributed by atoms with van der Waals surface area (Å²) in [5.74, 6) is 0.0724. The van der Waals surface area contributed by atoms with Gasteiger partial charge < -0.3 is 9.47 Å². The normalized spacial score (nSPS) is 10.1. The molecule has 0 unspecified atom stereocenters. The first-order chi connectivity index (χ1) is 13.6. The van der Waals surface area contributed by atoms with E-state index in [2.05, 4.69) is 10.9 Å². The number of methoxy groups -OCH3 is 2. The predicted molar refractivity (Wildman–Crippen MR) is 106 cm³/mol. The molecule has 3 aromatic rings. The summed E-state index contributed by atoms with van der Waals surface area (Å²) in [6.07, 6.45) is 0. The molecule has 0 atom stereocenters. The number of benzene rings is 3. The van der Waals surface area contributed by atoms with Crippen molar-refractivity contribution in [1.29, 1.82) is 0 Å². The van der Waals surface area contributed by atoms with Gasteiger partial charge >= 0.3 is 0 Å². The van der Waals surface area contributed by atoms with Crippen LogP contribution in [0.25, 0.3) is 11.1 Å². The fourth-order valence-electron chi connectivity index (χ4n) is 2.68. The number of ether oxygens (including phenoxy) is 2. The third kappa shape index (κ3) is 4.29. The van der Waals surface area contributed by atoms with Crippen LogP contribution >= 0.6 is 0 Å². The lowest BCUT2D eigenvalue weighted by molar-refractivity contribution is 0.0846. The molecular formula is C22H20N2O4. The molecule has 6 heteroatoms. The Morgan fingerprint density at radius 2 is 1.18 bits per heavy atom. The third-order valence-electron chi connectivity index (χ3n) is 4.19. The van der Waals surface area contributed by atoms with Crippen LogP contribution in [0.1, 0.15) is 20.7 Å². The smallest absolute Gasteiger partial charge is 0.269 e. The zero-order chi connectivity index (χ0) is 19.9. The Kier molecular flexibility index (Phi) is 5.91. The molecule has 6 nitrogen and oxygen atoms in total. The van der Waals surface area contributed by atoms with Crippen LogP contribution in [-0.2, 0) is 0 Å². The minimum absolute atomic E-state index is 0.331. The first-order valence-corrected chi connectivity index (χ1v) is 8.60. The topological polar surface area (TPSA) is 76.7 Å². The Hall–Kier alpha value is -3.80. The van der Waals surface area contributed by atoms with Crippen LogP contribution in [0.3, 0.4) is 0 Å². The zero-order valence-corrected chi connectivity index (χ0v) is 15.6. The lowest BCUT2D eigenvalue weighted by Crippen LogP contribution is -2.41. The SMILES string of the molecule is COc1ccc(C(=O)NNC(=O)c2ccc(-c3ccccc3)cc2)cc1OC. The Bertz CT molecular complexity index is 970. The van der Waals surface area contributed by atoms with Crippen molar-refractivity contribution >= 4 is 11.8 Å². The second-order valence-electron chi connectivity index (χ2n) is 5.92. The summed E-state index contributed by atoms with van der Waals surface area (Å²) < 4.78 is 10.3. The van der Waals surface area contributed by atoms with E-state index in [4.69, 9.17) is 9.47 Å². The molecule has 0 aliphatic rings. The highest BCUT2D eigenvalue weighted by atomic mass is 16.5. The van der Waals surface area contributed by atoms with Crippen molar-refractivity contribution < 1.29 is 19.1 Å². The fourth-order valence-corrected chi connectivity index (χ4v) is 2.68. The van der Waals surface area contributed by atoms with Crippen molar-refractivity contribution in [2.75, 3.05) is 14.2 Å². The van der Waals surface area contributed by atoms with Crippen LogP contribution < -0.4 is 20.3 Å². The number of rotatable bonds is 5. The molecule has 0 heterocycles. The zero-order valence-electron chi connectivity index (χ0n) is 15.6. The van der Waals surface area contributed by atoms with Gasteiger partial charge in [0.25, 0.3) is 11.8 Å². The summed E-state index contributed by atoms with van der Waals surface area (Å²) in [6.45, 7) is 0. The second kappa shape index (κ2) is 8.73. The molecule has 2 N–H and O–H groups in total. The molecule has 3 aromatic carbocycles. The number of nitrogens with one attached hydrogen (secondary N) is 2. The minimum Gasteiger partial charge on any atom is -0.493 e. The molecule has 0 radical (unpaired) electrons. The summed E-state index contributed by atoms with van der Waals surface area (Å²) in [6, 6.07) is 21.7. The van der Waals surface area contributed by atoms with Gasteiger partial charge in [0.2, 0.25) is 0 Å². The van der Waals surface area contributed by atoms with Crippen molar-refractivity contribution in [3.8, 4) is 22.6 Å². The molecule has 3 rings (SSSR count). The van der Waals surface area contributed by atoms with Gasteiger partial charge in [0.15, 0.2) is 11.5 Å². The lowest BCUT2D eigenvalue weighted by atomic mass is 10.0. The van der Waals surface area contributed by atoms with Crippen LogP contribution in [0.2, 0.25) is 0 Å². The summed E-state index contributed by atoms with van der Waals surface area (Å²) in [4.78, 5) is 24.5. The van der Waals surface area contributed by atoms with Gasteiger partial charge in [-0.15, -0.1) is 0 Å². The molecule has 28 heavy (non-hydrogen) atoms. The van der Waals surface area contributed by atoms with Gasteiger partial charge in [-0.2, -0.15) is 0 Å². The predicted octanol–water partition coefficient (Wildman–Crippen LogP) is 3.45. The average Bonchev–Trinajstić information content (AvgIpc) is 2.77. The molecule has 0 aliphatic carbocycles. The van der Waals surface area contributed by atoms with Crippen LogP contribution in [0.4, 0.5) is 0 Å². The number of hydrogen-bond acceptors (Lipinski definition) is 4. The highest BCUT2D eigenvalue weighted by Gasteiger charge is 2.12. The van der Waals surface area contributed by atoms with E-state index in [0.29, 0.717) is 22.6 Å². The molecule has 2 amide bonds. The maximum atomic E-state index is 12.3. The number of carbonyl (C=O) groups is 2. The maximum Gasteiger partial charge on any atom is 0.269 e. The molecule has 0 bridgehead atoms. The van der Waals surface area contributed by atoms with E-state index < -0.39 is 11.8 Å². The van der Waals surface area contributed by atoms with Gasteiger partial charge in [-0.25, -0.2) is 0 Å². The van der Waals surface area contributed by atoms with Gasteiger partial charge in [0.1, 0.15) is 0 Å². The van der Waals surface area contributed by atoms with Crippen molar-refractivity contribution in [3.63, 3.8) is 0 Å². The van der Waals surface area contributed by atoms with Crippen LogP contribution in [0.5, 0.6) is 11.5 Å². The molecule has 0 aliphatic heterocycles. The Morgan fingerprint density at radius 3 is 1.79 bits per heavy atom. The maximum absolute atomic E-state index is 12.3. The summed E-state index contributed by atoms with van der Waals surface area (Å²) in [5, 5.41) is 0. The van der Waals surface area contributed by atoms with Gasteiger partial charge in [0.05, 0.1) is 14.2 Å². The standard InChI is InChI=1S/C22H20N2O4/c1-27-19-13-12-18(14-20(19)28-2)22(26)24-23-21(25)17-10-8-16(9-11-17)15-6-4-3-5-7-15/h3-14H,1-2H3,(H,23,25)(H,24,26). The molecule has 0 spiro atoms. The monoisotopic (exact) mass is 376 g/mol.